The summed E-state index contributed by atoms with van der Waals surface area (Å²) in [6, 6.07) is 1.88. The van der Waals surface area contributed by atoms with Crippen molar-refractivity contribution < 1.29 is 9.59 Å². The van der Waals surface area contributed by atoms with Crippen LogP contribution in [0.3, 0.4) is 0 Å². The maximum Gasteiger partial charge on any atom is 0.245 e. The second-order valence-corrected chi connectivity index (χ2v) is 6.16. The number of carbonyl (C=O) groups is 2. The molecule has 1 aliphatic heterocycles. The second-order valence-electron chi connectivity index (χ2n) is 5.38. The minimum atomic E-state index is -0.347. The van der Waals surface area contributed by atoms with Gasteiger partial charge in [-0.15, -0.1) is 0 Å². The Morgan fingerprint density at radius 2 is 2.30 bits per heavy atom. The lowest BCUT2D eigenvalue weighted by molar-refractivity contribution is -0.135. The molecule has 2 rings (SSSR count). The van der Waals surface area contributed by atoms with E-state index in [2.05, 4.69) is 29.1 Å². The number of thiophene rings is 1. The fourth-order valence-electron chi connectivity index (χ4n) is 2.64. The third-order valence-corrected chi connectivity index (χ3v) is 4.45. The minimum Gasteiger partial charge on any atom is -0.344 e. The van der Waals surface area contributed by atoms with Gasteiger partial charge in [-0.2, -0.15) is 11.3 Å². The van der Waals surface area contributed by atoms with Crippen LogP contribution in [0.1, 0.15) is 38.7 Å². The molecule has 1 fully saturated rings. The Balaban J connectivity index is 2.07. The van der Waals surface area contributed by atoms with Crippen LogP contribution in [-0.4, -0.2) is 35.3 Å². The monoisotopic (exact) mass is 294 g/mol. The van der Waals surface area contributed by atoms with Crippen LogP contribution in [0.25, 0.3) is 0 Å². The van der Waals surface area contributed by atoms with Crippen molar-refractivity contribution in [2.45, 2.75) is 51.6 Å². The summed E-state index contributed by atoms with van der Waals surface area (Å²) in [6.07, 6.45) is 2.86. The summed E-state index contributed by atoms with van der Waals surface area (Å²) in [7, 11) is 0. The van der Waals surface area contributed by atoms with Crippen molar-refractivity contribution >= 4 is 23.2 Å². The number of hydrogen-bond acceptors (Lipinski definition) is 3. The zero-order chi connectivity index (χ0) is 14.5. The van der Waals surface area contributed by atoms with E-state index >= 15 is 0 Å². The molecule has 0 spiro atoms. The van der Waals surface area contributed by atoms with Crippen LogP contribution >= 0.6 is 11.3 Å². The predicted octanol–water partition coefficient (Wildman–Crippen LogP) is 2.20. The summed E-state index contributed by atoms with van der Waals surface area (Å²) < 4.78 is 0. The summed E-state index contributed by atoms with van der Waals surface area (Å²) in [5.41, 5.74) is 1.26. The van der Waals surface area contributed by atoms with Crippen LogP contribution in [0.2, 0.25) is 0 Å². The van der Waals surface area contributed by atoms with Crippen molar-refractivity contribution in [2.75, 3.05) is 6.54 Å². The maximum absolute atomic E-state index is 12.6. The molecule has 4 nitrogen and oxygen atoms in total. The number of carbonyl (C=O) groups excluding carboxylic acids is 2. The standard InChI is InChI=1S/C15H22N2O2S/c1-3-4-13-15(19)17(7-5-14(18)16-13)11(2)9-12-6-8-20-10-12/h6,8,10-11,13H,3-5,7,9H2,1-2H3,(H,16,18). The lowest BCUT2D eigenvalue weighted by atomic mass is 10.1. The molecule has 2 atom stereocenters. The molecule has 1 N–H and O–H groups in total. The molecule has 0 radical (unpaired) electrons. The third-order valence-electron chi connectivity index (χ3n) is 3.72. The molecule has 0 bridgehead atoms. The van der Waals surface area contributed by atoms with Gasteiger partial charge in [-0.25, -0.2) is 0 Å². The highest BCUT2D eigenvalue weighted by Gasteiger charge is 2.31. The van der Waals surface area contributed by atoms with Gasteiger partial charge in [-0.05, 0) is 42.2 Å². The maximum atomic E-state index is 12.6. The van der Waals surface area contributed by atoms with E-state index in [-0.39, 0.29) is 23.9 Å². The van der Waals surface area contributed by atoms with Gasteiger partial charge in [0.1, 0.15) is 6.04 Å². The van der Waals surface area contributed by atoms with E-state index in [1.807, 2.05) is 11.8 Å². The Morgan fingerprint density at radius 1 is 1.50 bits per heavy atom. The van der Waals surface area contributed by atoms with Crippen molar-refractivity contribution in [3.05, 3.63) is 22.4 Å². The zero-order valence-corrected chi connectivity index (χ0v) is 12.9. The first-order chi connectivity index (χ1) is 9.61. The molecule has 20 heavy (non-hydrogen) atoms. The molecule has 2 heterocycles. The van der Waals surface area contributed by atoms with Crippen LogP contribution in [0.15, 0.2) is 16.8 Å². The van der Waals surface area contributed by atoms with Crippen LogP contribution < -0.4 is 5.32 Å². The molecule has 1 aromatic rings. The van der Waals surface area contributed by atoms with Gasteiger partial charge >= 0.3 is 0 Å². The first-order valence-corrected chi connectivity index (χ1v) is 8.17. The summed E-state index contributed by atoms with van der Waals surface area (Å²) in [6.45, 7) is 4.62. The molecule has 110 valence electrons. The van der Waals surface area contributed by atoms with Gasteiger partial charge in [-0.3, -0.25) is 9.59 Å². The van der Waals surface area contributed by atoms with E-state index in [0.29, 0.717) is 19.4 Å². The zero-order valence-electron chi connectivity index (χ0n) is 12.1. The van der Waals surface area contributed by atoms with Crippen molar-refractivity contribution in [2.24, 2.45) is 0 Å². The topological polar surface area (TPSA) is 49.4 Å². The van der Waals surface area contributed by atoms with Gasteiger partial charge < -0.3 is 10.2 Å². The number of nitrogens with zero attached hydrogens (tertiary/aromatic N) is 1. The molecule has 1 aliphatic rings. The summed E-state index contributed by atoms with van der Waals surface area (Å²) in [5.74, 6) is 0.0578. The van der Waals surface area contributed by atoms with Crippen molar-refractivity contribution in [1.82, 2.24) is 10.2 Å². The second kappa shape index (κ2) is 6.88. The summed E-state index contributed by atoms with van der Waals surface area (Å²) in [4.78, 5) is 26.1. The predicted molar refractivity (Wildman–Crippen MR) is 80.7 cm³/mol. The average Bonchev–Trinajstić information content (AvgIpc) is 2.86. The Labute approximate surface area is 124 Å². The van der Waals surface area contributed by atoms with Gasteiger partial charge in [0, 0.05) is 19.0 Å². The van der Waals surface area contributed by atoms with E-state index in [1.54, 1.807) is 11.3 Å². The van der Waals surface area contributed by atoms with Crippen molar-refractivity contribution in [3.8, 4) is 0 Å². The molecule has 1 aromatic heterocycles. The Hall–Kier alpha value is -1.36. The highest BCUT2D eigenvalue weighted by molar-refractivity contribution is 7.07. The molecular weight excluding hydrogens is 272 g/mol. The number of nitrogens with one attached hydrogen (secondary N) is 1. The van der Waals surface area contributed by atoms with E-state index in [1.165, 1.54) is 5.56 Å². The largest absolute Gasteiger partial charge is 0.344 e. The fourth-order valence-corrected chi connectivity index (χ4v) is 3.32. The van der Waals surface area contributed by atoms with E-state index in [4.69, 9.17) is 0 Å². The lowest BCUT2D eigenvalue weighted by Gasteiger charge is -2.30. The smallest absolute Gasteiger partial charge is 0.245 e. The van der Waals surface area contributed by atoms with Crippen molar-refractivity contribution in [1.29, 1.82) is 0 Å². The first-order valence-electron chi connectivity index (χ1n) is 7.22. The summed E-state index contributed by atoms with van der Waals surface area (Å²) >= 11 is 1.67. The van der Waals surface area contributed by atoms with Gasteiger partial charge in [0.15, 0.2) is 0 Å². The minimum absolute atomic E-state index is 0.0120. The van der Waals surface area contributed by atoms with Crippen molar-refractivity contribution in [3.63, 3.8) is 0 Å². The number of rotatable bonds is 5. The third kappa shape index (κ3) is 3.60. The molecule has 5 heteroatoms. The van der Waals surface area contributed by atoms with Crippen LogP contribution in [-0.2, 0) is 16.0 Å². The highest BCUT2D eigenvalue weighted by Crippen LogP contribution is 2.16. The molecule has 1 saturated heterocycles. The van der Waals surface area contributed by atoms with Crippen LogP contribution in [0.5, 0.6) is 0 Å². The molecule has 0 saturated carbocycles. The Bertz CT molecular complexity index is 458. The Morgan fingerprint density at radius 3 is 2.95 bits per heavy atom. The van der Waals surface area contributed by atoms with E-state index < -0.39 is 0 Å². The van der Waals surface area contributed by atoms with Gasteiger partial charge in [0.25, 0.3) is 0 Å². The van der Waals surface area contributed by atoms with Gasteiger partial charge in [0.2, 0.25) is 11.8 Å². The number of hydrogen-bond donors (Lipinski definition) is 1. The molecular formula is C15H22N2O2S. The molecule has 2 amide bonds. The molecule has 0 aromatic carbocycles. The van der Waals surface area contributed by atoms with E-state index in [0.717, 1.165) is 12.8 Å². The SMILES string of the molecule is CCCC1NC(=O)CCN(C(C)Cc2ccsc2)C1=O. The van der Waals surface area contributed by atoms with E-state index in [9.17, 15) is 9.59 Å². The van der Waals surface area contributed by atoms with Crippen LogP contribution in [0.4, 0.5) is 0 Å². The Kier molecular flexibility index (Phi) is 5.17. The van der Waals surface area contributed by atoms with Gasteiger partial charge in [0.05, 0.1) is 0 Å². The highest BCUT2D eigenvalue weighted by atomic mass is 32.1. The summed E-state index contributed by atoms with van der Waals surface area (Å²) in [5, 5.41) is 7.01. The molecule has 2 unspecified atom stereocenters. The first kappa shape index (κ1) is 15.0. The normalized spacial score (nSPS) is 21.5. The number of amides is 2. The lowest BCUT2D eigenvalue weighted by Crippen LogP contribution is -2.48. The quantitative estimate of drug-likeness (QED) is 0.905. The average molecular weight is 294 g/mol. The van der Waals surface area contributed by atoms with Crippen LogP contribution in [0, 0.1) is 0 Å². The van der Waals surface area contributed by atoms with Gasteiger partial charge in [-0.1, -0.05) is 13.3 Å². The fraction of sp³-hybridized carbons (Fsp3) is 0.600. The molecule has 0 aliphatic carbocycles.